The number of benzene rings is 2. The molecule has 1 fully saturated rings. The summed E-state index contributed by atoms with van der Waals surface area (Å²) in [6.07, 6.45) is 7.03. The van der Waals surface area contributed by atoms with Gasteiger partial charge in [0.1, 0.15) is 5.75 Å². The fourth-order valence-corrected chi connectivity index (χ4v) is 3.63. The molecule has 0 spiro atoms. The average molecular weight is 373 g/mol. The van der Waals surface area contributed by atoms with Gasteiger partial charge in [-0.3, -0.25) is 9.78 Å². The number of hydrogen-bond donors (Lipinski definition) is 0. The summed E-state index contributed by atoms with van der Waals surface area (Å²) in [6, 6.07) is 15.9. The summed E-state index contributed by atoms with van der Waals surface area (Å²) >= 11 is 0. The van der Waals surface area contributed by atoms with Gasteiger partial charge < -0.3 is 9.64 Å². The molecule has 5 heteroatoms. The number of para-hydroxylation sites is 2. The number of hydrogen-bond acceptors (Lipinski definition) is 4. The summed E-state index contributed by atoms with van der Waals surface area (Å²) < 4.78 is 5.51. The third-order valence-electron chi connectivity index (χ3n) is 4.98. The van der Waals surface area contributed by atoms with Gasteiger partial charge in [-0.05, 0) is 55.7 Å². The second-order valence-electron chi connectivity index (χ2n) is 6.81. The Morgan fingerprint density at radius 3 is 2.75 bits per heavy atom. The molecule has 1 saturated heterocycles. The maximum absolute atomic E-state index is 12.8. The van der Waals surface area contributed by atoms with E-state index in [1.165, 1.54) is 0 Å². The highest BCUT2D eigenvalue weighted by atomic mass is 16.5. The Morgan fingerprint density at radius 1 is 1.18 bits per heavy atom. The minimum Gasteiger partial charge on any atom is -0.494 e. The predicted molar refractivity (Wildman–Crippen MR) is 110 cm³/mol. The SMILES string of the molecule is CCOc1ccc(C2CCCN2C(=O)/C=C/c2cnc3ccccc3n2)cc1. The number of amides is 1. The lowest BCUT2D eigenvalue weighted by Gasteiger charge is -2.24. The van der Waals surface area contributed by atoms with Gasteiger partial charge in [-0.1, -0.05) is 24.3 Å². The van der Waals surface area contributed by atoms with Gasteiger partial charge in [0.05, 0.1) is 35.6 Å². The second-order valence-corrected chi connectivity index (χ2v) is 6.81. The molecule has 1 amide bonds. The van der Waals surface area contributed by atoms with Gasteiger partial charge in [-0.25, -0.2) is 4.98 Å². The Morgan fingerprint density at radius 2 is 1.96 bits per heavy atom. The molecule has 3 aromatic rings. The van der Waals surface area contributed by atoms with E-state index in [1.54, 1.807) is 18.3 Å². The molecule has 0 saturated carbocycles. The molecule has 0 radical (unpaired) electrons. The molecular formula is C23H23N3O2. The smallest absolute Gasteiger partial charge is 0.247 e. The van der Waals surface area contributed by atoms with Crippen molar-refractivity contribution in [1.82, 2.24) is 14.9 Å². The van der Waals surface area contributed by atoms with Crippen LogP contribution in [-0.4, -0.2) is 33.9 Å². The molecule has 0 bridgehead atoms. The van der Waals surface area contributed by atoms with Crippen molar-refractivity contribution in [2.75, 3.05) is 13.2 Å². The Bertz CT molecular complexity index is 998. The lowest BCUT2D eigenvalue weighted by Crippen LogP contribution is -2.28. The number of carbonyl (C=O) groups excluding carboxylic acids is 1. The number of nitrogens with zero attached hydrogens (tertiary/aromatic N) is 3. The Balaban J connectivity index is 1.48. The average Bonchev–Trinajstić information content (AvgIpc) is 3.23. The van der Waals surface area contributed by atoms with Crippen molar-refractivity contribution >= 4 is 23.0 Å². The van der Waals surface area contributed by atoms with Crippen LogP contribution in [0.1, 0.15) is 37.1 Å². The first-order chi connectivity index (χ1) is 13.7. The topological polar surface area (TPSA) is 55.3 Å². The molecule has 2 heterocycles. The van der Waals surface area contributed by atoms with Crippen LogP contribution in [-0.2, 0) is 4.79 Å². The fraction of sp³-hybridized carbons (Fsp3) is 0.261. The van der Waals surface area contributed by atoms with E-state index in [0.717, 1.165) is 41.7 Å². The first-order valence-corrected chi connectivity index (χ1v) is 9.68. The van der Waals surface area contributed by atoms with Crippen LogP contribution >= 0.6 is 0 Å². The molecule has 142 valence electrons. The van der Waals surface area contributed by atoms with Crippen molar-refractivity contribution < 1.29 is 9.53 Å². The van der Waals surface area contributed by atoms with Crippen LogP contribution < -0.4 is 4.74 Å². The third-order valence-corrected chi connectivity index (χ3v) is 4.98. The van der Waals surface area contributed by atoms with Gasteiger partial charge in [0, 0.05) is 12.6 Å². The summed E-state index contributed by atoms with van der Waals surface area (Å²) in [5.41, 5.74) is 3.50. The van der Waals surface area contributed by atoms with E-state index in [-0.39, 0.29) is 11.9 Å². The third kappa shape index (κ3) is 3.88. The molecule has 1 aromatic heterocycles. The molecule has 5 nitrogen and oxygen atoms in total. The van der Waals surface area contributed by atoms with Crippen molar-refractivity contribution in [3.8, 4) is 5.75 Å². The van der Waals surface area contributed by atoms with Crippen LogP contribution in [0, 0.1) is 0 Å². The molecule has 1 unspecified atom stereocenters. The molecule has 2 aromatic carbocycles. The van der Waals surface area contributed by atoms with Crippen molar-refractivity contribution in [2.24, 2.45) is 0 Å². The van der Waals surface area contributed by atoms with E-state index < -0.39 is 0 Å². The number of fused-ring (bicyclic) bond motifs is 1. The summed E-state index contributed by atoms with van der Waals surface area (Å²) in [4.78, 5) is 23.7. The van der Waals surface area contributed by atoms with Crippen molar-refractivity contribution in [3.05, 3.63) is 72.1 Å². The fourth-order valence-electron chi connectivity index (χ4n) is 3.63. The summed E-state index contributed by atoms with van der Waals surface area (Å²) in [7, 11) is 0. The summed E-state index contributed by atoms with van der Waals surface area (Å²) in [5, 5.41) is 0. The van der Waals surface area contributed by atoms with Gasteiger partial charge in [0.2, 0.25) is 5.91 Å². The number of aromatic nitrogens is 2. The number of carbonyl (C=O) groups is 1. The normalized spacial score (nSPS) is 16.8. The molecule has 0 N–H and O–H groups in total. The van der Waals surface area contributed by atoms with E-state index in [0.29, 0.717) is 12.3 Å². The zero-order valence-electron chi connectivity index (χ0n) is 15.9. The lowest BCUT2D eigenvalue weighted by molar-refractivity contribution is -0.126. The van der Waals surface area contributed by atoms with Crippen molar-refractivity contribution in [2.45, 2.75) is 25.8 Å². The summed E-state index contributed by atoms with van der Waals surface area (Å²) in [6.45, 7) is 3.39. The molecule has 1 atom stereocenters. The highest BCUT2D eigenvalue weighted by molar-refractivity contribution is 5.92. The second kappa shape index (κ2) is 8.21. The van der Waals surface area contributed by atoms with Gasteiger partial charge in [0.25, 0.3) is 0 Å². The van der Waals surface area contributed by atoms with E-state index >= 15 is 0 Å². The number of rotatable bonds is 5. The minimum atomic E-state index is 0.00587. The van der Waals surface area contributed by atoms with Crippen molar-refractivity contribution in [1.29, 1.82) is 0 Å². The molecule has 1 aliphatic heterocycles. The van der Waals surface area contributed by atoms with Crippen LogP contribution in [0.15, 0.2) is 60.8 Å². The molecule has 1 aliphatic rings. The lowest BCUT2D eigenvalue weighted by atomic mass is 10.0. The molecular weight excluding hydrogens is 350 g/mol. The van der Waals surface area contributed by atoms with Gasteiger partial charge in [-0.2, -0.15) is 0 Å². The van der Waals surface area contributed by atoms with Gasteiger partial charge in [-0.15, -0.1) is 0 Å². The summed E-state index contributed by atoms with van der Waals surface area (Å²) in [5.74, 6) is 0.864. The first-order valence-electron chi connectivity index (χ1n) is 9.68. The minimum absolute atomic E-state index is 0.00587. The van der Waals surface area contributed by atoms with Crippen LogP contribution in [0.5, 0.6) is 5.75 Å². The van der Waals surface area contributed by atoms with Crippen molar-refractivity contribution in [3.63, 3.8) is 0 Å². The Kier molecular flexibility index (Phi) is 5.33. The Labute approximate surface area is 164 Å². The van der Waals surface area contributed by atoms with Crippen LogP contribution in [0.2, 0.25) is 0 Å². The molecule has 28 heavy (non-hydrogen) atoms. The highest BCUT2D eigenvalue weighted by Crippen LogP contribution is 2.33. The zero-order valence-corrected chi connectivity index (χ0v) is 15.9. The maximum atomic E-state index is 12.8. The zero-order chi connectivity index (χ0) is 19.3. The molecule has 4 rings (SSSR count). The largest absolute Gasteiger partial charge is 0.494 e. The maximum Gasteiger partial charge on any atom is 0.247 e. The highest BCUT2D eigenvalue weighted by Gasteiger charge is 2.28. The Hall–Kier alpha value is -3.21. The first kappa shape index (κ1) is 18.2. The number of likely N-dealkylation sites (tertiary alicyclic amines) is 1. The standard InChI is InChI=1S/C23H23N3O2/c1-2-28-19-12-9-17(10-13-19)22-8-5-15-26(22)23(27)14-11-18-16-24-20-6-3-4-7-21(20)25-18/h3-4,6-7,9-14,16,22H,2,5,8,15H2,1H3/b14-11+. The van der Waals surface area contributed by atoms with E-state index in [9.17, 15) is 4.79 Å². The monoisotopic (exact) mass is 373 g/mol. The molecule has 0 aliphatic carbocycles. The van der Waals surface area contributed by atoms with E-state index in [2.05, 4.69) is 22.1 Å². The van der Waals surface area contributed by atoms with Crippen LogP contribution in [0.4, 0.5) is 0 Å². The predicted octanol–water partition coefficient (Wildman–Crippen LogP) is 4.41. The van der Waals surface area contributed by atoms with Gasteiger partial charge >= 0.3 is 0 Å². The van der Waals surface area contributed by atoms with E-state index in [1.807, 2.05) is 48.2 Å². The van der Waals surface area contributed by atoms with Crippen LogP contribution in [0.25, 0.3) is 17.1 Å². The van der Waals surface area contributed by atoms with E-state index in [4.69, 9.17) is 4.74 Å². The number of ether oxygens (including phenoxy) is 1. The van der Waals surface area contributed by atoms with Gasteiger partial charge in [0.15, 0.2) is 0 Å². The van der Waals surface area contributed by atoms with Crippen LogP contribution in [0.3, 0.4) is 0 Å². The quantitative estimate of drug-likeness (QED) is 0.622.